The molecule has 18 heavy (non-hydrogen) atoms. The minimum absolute atomic E-state index is 0.0450. The Labute approximate surface area is 105 Å². The second-order valence-corrected chi connectivity index (χ2v) is 3.62. The van der Waals surface area contributed by atoms with E-state index in [4.69, 9.17) is 10.8 Å². The van der Waals surface area contributed by atoms with Gasteiger partial charge in [0.1, 0.15) is 6.04 Å². The van der Waals surface area contributed by atoms with Gasteiger partial charge in [0.05, 0.1) is 6.61 Å². The number of esters is 1. The molecule has 0 fully saturated rings. The second kappa shape index (κ2) is 8.10. The maximum Gasteiger partial charge on any atom is 0.332 e. The summed E-state index contributed by atoms with van der Waals surface area (Å²) in [4.78, 5) is 32.6. The van der Waals surface area contributed by atoms with Gasteiger partial charge in [0.2, 0.25) is 5.91 Å². The van der Waals surface area contributed by atoms with Crippen LogP contribution >= 0.6 is 0 Å². The van der Waals surface area contributed by atoms with Crippen LogP contribution in [0.2, 0.25) is 0 Å². The van der Waals surface area contributed by atoms with E-state index in [2.05, 4.69) is 10.1 Å². The van der Waals surface area contributed by atoms with Gasteiger partial charge in [-0.3, -0.25) is 4.79 Å². The van der Waals surface area contributed by atoms with Crippen LogP contribution in [0.5, 0.6) is 0 Å². The highest BCUT2D eigenvalue weighted by atomic mass is 16.5. The monoisotopic (exact) mass is 258 g/mol. The molecule has 0 bridgehead atoms. The summed E-state index contributed by atoms with van der Waals surface area (Å²) in [6.45, 7) is 3.45. The van der Waals surface area contributed by atoms with Crippen molar-refractivity contribution in [3.63, 3.8) is 0 Å². The minimum atomic E-state index is -1.12. The first kappa shape index (κ1) is 16.0. The van der Waals surface area contributed by atoms with Crippen LogP contribution in [-0.4, -0.2) is 35.6 Å². The summed E-state index contributed by atoms with van der Waals surface area (Å²) in [5, 5.41) is 11.5. The highest BCUT2D eigenvalue weighted by molar-refractivity contribution is 5.83. The fourth-order valence-electron chi connectivity index (χ4n) is 1.22. The number of allylic oxidation sites excluding steroid dienone is 1. The van der Waals surface area contributed by atoms with Gasteiger partial charge in [-0.05, 0) is 20.3 Å². The first-order valence-electron chi connectivity index (χ1n) is 5.49. The summed E-state index contributed by atoms with van der Waals surface area (Å²) in [6, 6.07) is -0.969. The van der Waals surface area contributed by atoms with Gasteiger partial charge in [-0.2, -0.15) is 0 Å². The van der Waals surface area contributed by atoms with Crippen molar-refractivity contribution in [2.45, 2.75) is 32.7 Å². The van der Waals surface area contributed by atoms with Gasteiger partial charge in [0, 0.05) is 18.2 Å². The lowest BCUT2D eigenvalue weighted by Crippen LogP contribution is -2.36. The Hall–Kier alpha value is -2.05. The molecule has 1 atom stereocenters. The smallest absolute Gasteiger partial charge is 0.332 e. The molecular formula is C11H18N2O5. The number of hydrogen-bond donors (Lipinski definition) is 3. The lowest BCUT2D eigenvalue weighted by Gasteiger charge is -2.15. The number of carboxylic acid groups (broad SMARTS) is 1. The largest absolute Gasteiger partial charge is 0.480 e. The molecule has 7 heteroatoms. The number of ether oxygens (including phenoxy) is 1. The third-order valence-electron chi connectivity index (χ3n) is 2.00. The first-order valence-corrected chi connectivity index (χ1v) is 5.49. The standard InChI is InChI=1S/C11H18N2O5/c1-3-18-10(15)6-7(2)13-8(11(16)17)4-5-9(12)14/h6,8,13H,3-5H2,1-2H3,(H2,12,14)(H,16,17)/b7-6+/t8-/m0/s1. The molecule has 102 valence electrons. The second-order valence-electron chi connectivity index (χ2n) is 3.62. The SMILES string of the molecule is CCOC(=O)/C=C(\C)N[C@@H](CCC(N)=O)C(=O)O. The van der Waals surface area contributed by atoms with E-state index in [1.54, 1.807) is 6.92 Å². The Morgan fingerprint density at radius 2 is 2.06 bits per heavy atom. The molecule has 0 aromatic heterocycles. The van der Waals surface area contributed by atoms with Crippen LogP contribution in [0.4, 0.5) is 0 Å². The van der Waals surface area contributed by atoms with Gasteiger partial charge in [-0.25, -0.2) is 9.59 Å². The van der Waals surface area contributed by atoms with Crippen LogP contribution in [0.3, 0.4) is 0 Å². The van der Waals surface area contributed by atoms with Crippen LogP contribution in [0.15, 0.2) is 11.8 Å². The van der Waals surface area contributed by atoms with Gasteiger partial charge in [0.15, 0.2) is 0 Å². The van der Waals surface area contributed by atoms with Gasteiger partial charge in [-0.15, -0.1) is 0 Å². The maximum absolute atomic E-state index is 11.1. The Balaban J connectivity index is 4.44. The van der Waals surface area contributed by atoms with E-state index in [1.807, 2.05) is 0 Å². The molecule has 0 aromatic carbocycles. The van der Waals surface area contributed by atoms with E-state index in [0.29, 0.717) is 5.70 Å². The molecule has 0 aromatic rings. The highest BCUT2D eigenvalue weighted by Crippen LogP contribution is 2.01. The molecule has 1 amide bonds. The molecular weight excluding hydrogens is 240 g/mol. The molecule has 0 saturated carbocycles. The van der Waals surface area contributed by atoms with E-state index in [0.717, 1.165) is 6.08 Å². The highest BCUT2D eigenvalue weighted by Gasteiger charge is 2.18. The Morgan fingerprint density at radius 1 is 1.44 bits per heavy atom. The molecule has 0 aliphatic rings. The molecule has 0 rings (SSSR count). The number of primary amides is 1. The molecule has 0 radical (unpaired) electrons. The van der Waals surface area contributed by atoms with Crippen molar-refractivity contribution in [3.05, 3.63) is 11.8 Å². The summed E-state index contributed by atoms with van der Waals surface area (Å²) in [5.41, 5.74) is 5.30. The fourth-order valence-corrected chi connectivity index (χ4v) is 1.22. The van der Waals surface area contributed by atoms with Gasteiger partial charge in [0.25, 0.3) is 0 Å². The van der Waals surface area contributed by atoms with Crippen molar-refractivity contribution in [2.75, 3.05) is 6.61 Å². The molecule has 0 spiro atoms. The van der Waals surface area contributed by atoms with Crippen molar-refractivity contribution in [1.82, 2.24) is 5.32 Å². The van der Waals surface area contributed by atoms with E-state index in [1.165, 1.54) is 6.92 Å². The summed E-state index contributed by atoms with van der Waals surface area (Å²) < 4.78 is 4.68. The average molecular weight is 258 g/mol. The number of rotatable bonds is 8. The van der Waals surface area contributed by atoms with Crippen LogP contribution in [0.1, 0.15) is 26.7 Å². The van der Waals surface area contributed by atoms with E-state index in [9.17, 15) is 14.4 Å². The van der Waals surface area contributed by atoms with Crippen molar-refractivity contribution >= 4 is 17.8 Å². The lowest BCUT2D eigenvalue weighted by molar-refractivity contribution is -0.140. The van der Waals surface area contributed by atoms with Crippen molar-refractivity contribution in [2.24, 2.45) is 5.73 Å². The minimum Gasteiger partial charge on any atom is -0.480 e. The maximum atomic E-state index is 11.1. The third kappa shape index (κ3) is 7.26. The van der Waals surface area contributed by atoms with Crippen molar-refractivity contribution < 1.29 is 24.2 Å². The number of carbonyl (C=O) groups excluding carboxylic acids is 2. The Bertz CT molecular complexity index is 351. The van der Waals surface area contributed by atoms with Gasteiger partial charge in [-0.1, -0.05) is 0 Å². The third-order valence-corrected chi connectivity index (χ3v) is 2.00. The van der Waals surface area contributed by atoms with Crippen LogP contribution < -0.4 is 11.1 Å². The number of nitrogens with two attached hydrogens (primary N) is 1. The summed E-state index contributed by atoms with van der Waals surface area (Å²) in [6.07, 6.45) is 1.17. The summed E-state index contributed by atoms with van der Waals surface area (Å²) in [7, 11) is 0. The van der Waals surface area contributed by atoms with E-state index in [-0.39, 0.29) is 19.4 Å². The normalized spacial score (nSPS) is 12.7. The van der Waals surface area contributed by atoms with Gasteiger partial charge >= 0.3 is 11.9 Å². The number of aliphatic carboxylic acids is 1. The molecule has 4 N–H and O–H groups in total. The molecule has 0 aliphatic heterocycles. The number of amides is 1. The molecule has 0 heterocycles. The Morgan fingerprint density at radius 3 is 2.50 bits per heavy atom. The van der Waals surface area contributed by atoms with Crippen molar-refractivity contribution in [3.8, 4) is 0 Å². The zero-order chi connectivity index (χ0) is 14.1. The zero-order valence-corrected chi connectivity index (χ0v) is 10.4. The first-order chi connectivity index (χ1) is 8.36. The Kier molecular flexibility index (Phi) is 7.18. The number of carbonyl (C=O) groups is 3. The quantitative estimate of drug-likeness (QED) is 0.408. The van der Waals surface area contributed by atoms with Crippen LogP contribution in [0.25, 0.3) is 0 Å². The molecule has 0 saturated heterocycles. The number of hydrogen-bond acceptors (Lipinski definition) is 5. The average Bonchev–Trinajstić information content (AvgIpc) is 2.23. The summed E-state index contributed by atoms with van der Waals surface area (Å²) >= 11 is 0. The molecule has 0 unspecified atom stereocenters. The molecule has 7 nitrogen and oxygen atoms in total. The molecule has 0 aliphatic carbocycles. The van der Waals surface area contributed by atoms with E-state index < -0.39 is 23.9 Å². The van der Waals surface area contributed by atoms with Crippen LogP contribution in [0, 0.1) is 0 Å². The summed E-state index contributed by atoms with van der Waals surface area (Å²) in [5.74, 6) is -2.25. The van der Waals surface area contributed by atoms with Gasteiger partial charge < -0.3 is 20.9 Å². The topological polar surface area (TPSA) is 119 Å². The zero-order valence-electron chi connectivity index (χ0n) is 10.4. The van der Waals surface area contributed by atoms with Crippen LogP contribution in [-0.2, 0) is 19.1 Å². The predicted octanol–water partition coefficient (Wildman–Crippen LogP) is -0.238. The van der Waals surface area contributed by atoms with Crippen molar-refractivity contribution in [1.29, 1.82) is 0 Å². The lowest BCUT2D eigenvalue weighted by atomic mass is 10.1. The predicted molar refractivity (Wildman–Crippen MR) is 63.4 cm³/mol. The van der Waals surface area contributed by atoms with E-state index >= 15 is 0 Å². The fraction of sp³-hybridized carbons (Fsp3) is 0.545. The number of carboxylic acids is 1. The number of nitrogens with one attached hydrogen (secondary N) is 1.